The van der Waals surface area contributed by atoms with Gasteiger partial charge in [0.1, 0.15) is 11.6 Å². The van der Waals surface area contributed by atoms with Crippen molar-refractivity contribution < 1.29 is 0 Å². The highest BCUT2D eigenvalue weighted by Crippen LogP contribution is 2.42. The lowest BCUT2D eigenvalue weighted by Gasteiger charge is -2.28. The van der Waals surface area contributed by atoms with Gasteiger partial charge in [0.25, 0.3) is 0 Å². The number of aryl methyl sites for hydroxylation is 1. The molecule has 2 bridgehead atoms. The molecular formula is C13H17N3S. The molecule has 3 fully saturated rings. The summed E-state index contributed by atoms with van der Waals surface area (Å²) < 4.78 is 0. The monoisotopic (exact) mass is 247 g/mol. The normalized spacial score (nSPS) is 31.2. The van der Waals surface area contributed by atoms with E-state index in [9.17, 15) is 0 Å². The molecule has 2 aliphatic heterocycles. The number of hydrogen-bond acceptors (Lipinski definition) is 4. The van der Waals surface area contributed by atoms with Crippen LogP contribution in [0.2, 0.25) is 0 Å². The molecule has 0 aromatic carbocycles. The predicted octanol–water partition coefficient (Wildman–Crippen LogP) is 2.36. The molecule has 17 heavy (non-hydrogen) atoms. The zero-order chi connectivity index (χ0) is 11.4. The zero-order valence-corrected chi connectivity index (χ0v) is 10.9. The van der Waals surface area contributed by atoms with Gasteiger partial charge in [-0.05, 0) is 26.2 Å². The zero-order valence-electron chi connectivity index (χ0n) is 10.1. The summed E-state index contributed by atoms with van der Waals surface area (Å²) in [4.78, 5) is 11.9. The second kappa shape index (κ2) is 3.61. The third-order valence-electron chi connectivity index (χ3n) is 4.00. The average Bonchev–Trinajstić information content (AvgIpc) is 2.97. The summed E-state index contributed by atoms with van der Waals surface area (Å²) in [6.07, 6.45) is 3.92. The van der Waals surface area contributed by atoms with Crippen LogP contribution in [0.1, 0.15) is 36.7 Å². The summed E-state index contributed by atoms with van der Waals surface area (Å²) in [7, 11) is 0. The van der Waals surface area contributed by atoms with E-state index in [4.69, 9.17) is 4.98 Å². The number of rotatable bonds is 2. The average molecular weight is 247 g/mol. The van der Waals surface area contributed by atoms with Gasteiger partial charge in [-0.15, -0.1) is 0 Å². The summed E-state index contributed by atoms with van der Waals surface area (Å²) in [6, 6.07) is 2.89. The minimum absolute atomic E-state index is 0.655. The Morgan fingerprint density at radius 3 is 2.88 bits per heavy atom. The van der Waals surface area contributed by atoms with E-state index >= 15 is 0 Å². The second-order valence-corrected chi connectivity index (χ2v) is 6.83. The Bertz CT molecular complexity index is 458. The maximum absolute atomic E-state index is 4.80. The molecule has 1 aromatic heterocycles. The van der Waals surface area contributed by atoms with E-state index in [2.05, 4.69) is 34.6 Å². The van der Waals surface area contributed by atoms with Crippen LogP contribution in [0.4, 0.5) is 5.82 Å². The highest BCUT2D eigenvalue weighted by atomic mass is 32.2. The predicted molar refractivity (Wildman–Crippen MR) is 70.7 cm³/mol. The number of anilines is 1. The van der Waals surface area contributed by atoms with E-state index in [1.807, 2.05) is 0 Å². The minimum atomic E-state index is 0.655. The summed E-state index contributed by atoms with van der Waals surface area (Å²) >= 11 is 2.13. The van der Waals surface area contributed by atoms with Gasteiger partial charge >= 0.3 is 0 Å². The van der Waals surface area contributed by atoms with E-state index in [-0.39, 0.29) is 0 Å². The molecule has 4 rings (SSSR count). The number of hydrogen-bond donors (Lipinski definition) is 0. The van der Waals surface area contributed by atoms with Crippen LogP contribution < -0.4 is 4.90 Å². The van der Waals surface area contributed by atoms with Crippen LogP contribution in [-0.4, -0.2) is 33.6 Å². The van der Waals surface area contributed by atoms with Crippen molar-refractivity contribution in [2.24, 2.45) is 0 Å². The molecule has 1 aromatic rings. The van der Waals surface area contributed by atoms with Crippen molar-refractivity contribution in [2.45, 2.75) is 43.4 Å². The Kier molecular flexibility index (Phi) is 2.16. The van der Waals surface area contributed by atoms with Gasteiger partial charge in [-0.1, -0.05) is 0 Å². The molecule has 2 saturated heterocycles. The fourth-order valence-corrected chi connectivity index (χ4v) is 4.36. The Labute approximate surface area is 106 Å². The molecular weight excluding hydrogens is 230 g/mol. The van der Waals surface area contributed by atoms with Gasteiger partial charge in [-0.3, -0.25) is 0 Å². The lowest BCUT2D eigenvalue weighted by Crippen LogP contribution is -2.34. The third kappa shape index (κ3) is 1.73. The van der Waals surface area contributed by atoms with Crippen molar-refractivity contribution in [3.8, 4) is 0 Å². The largest absolute Gasteiger partial charge is 0.352 e. The molecule has 3 heterocycles. The number of fused-ring (bicyclic) bond motifs is 2. The van der Waals surface area contributed by atoms with Crippen LogP contribution in [0, 0.1) is 6.92 Å². The fraction of sp³-hybridized carbons (Fsp3) is 0.692. The first-order valence-electron chi connectivity index (χ1n) is 6.53. The summed E-state index contributed by atoms with van der Waals surface area (Å²) in [5.41, 5.74) is 1.13. The van der Waals surface area contributed by atoms with Crippen molar-refractivity contribution in [1.82, 2.24) is 9.97 Å². The maximum atomic E-state index is 4.80. The lowest BCUT2D eigenvalue weighted by atomic mass is 10.2. The van der Waals surface area contributed by atoms with Crippen molar-refractivity contribution in [1.29, 1.82) is 0 Å². The summed E-state index contributed by atoms with van der Waals surface area (Å²) in [5, 5.41) is 0.847. The Morgan fingerprint density at radius 2 is 2.24 bits per heavy atom. The first-order valence-corrected chi connectivity index (χ1v) is 7.58. The van der Waals surface area contributed by atoms with Gasteiger partial charge in [0.2, 0.25) is 0 Å². The Balaban J connectivity index is 1.68. The lowest BCUT2D eigenvalue weighted by molar-refractivity contribution is 0.741. The molecule has 90 valence electrons. The van der Waals surface area contributed by atoms with Gasteiger partial charge in [-0.2, -0.15) is 11.8 Å². The van der Waals surface area contributed by atoms with Gasteiger partial charge < -0.3 is 4.90 Å². The second-order valence-electron chi connectivity index (χ2n) is 5.50. The SMILES string of the molecule is Cc1cc(N2CC3CC2CS3)nc(C2CC2)n1. The molecule has 0 N–H and O–H groups in total. The first kappa shape index (κ1) is 10.2. The van der Waals surface area contributed by atoms with Crippen molar-refractivity contribution >= 4 is 17.6 Å². The fourth-order valence-electron chi connectivity index (χ4n) is 2.93. The van der Waals surface area contributed by atoms with E-state index in [1.165, 1.54) is 37.4 Å². The molecule has 1 saturated carbocycles. The number of nitrogens with zero attached hydrogens (tertiary/aromatic N) is 3. The molecule has 0 spiro atoms. The molecule has 2 atom stereocenters. The summed E-state index contributed by atoms with van der Waals surface area (Å²) in [5.74, 6) is 4.22. The molecule has 2 unspecified atom stereocenters. The van der Waals surface area contributed by atoms with E-state index in [0.717, 1.165) is 22.8 Å². The standard InChI is InChI=1S/C13H17N3S/c1-8-4-12(15-13(14-8)9-2-3-9)16-6-11-5-10(16)7-17-11/h4,9-11H,2-3,5-7H2,1H3. The van der Waals surface area contributed by atoms with E-state index in [0.29, 0.717) is 5.92 Å². The first-order chi connectivity index (χ1) is 8.29. The minimum Gasteiger partial charge on any atom is -0.352 e. The number of thioether (sulfide) groups is 1. The van der Waals surface area contributed by atoms with Crippen LogP contribution in [-0.2, 0) is 0 Å². The molecule has 0 amide bonds. The Hall–Kier alpha value is -0.770. The molecule has 1 aliphatic carbocycles. The van der Waals surface area contributed by atoms with Crippen molar-refractivity contribution in [3.63, 3.8) is 0 Å². The van der Waals surface area contributed by atoms with Gasteiger partial charge in [0.15, 0.2) is 0 Å². The smallest absolute Gasteiger partial charge is 0.134 e. The Morgan fingerprint density at radius 1 is 1.35 bits per heavy atom. The van der Waals surface area contributed by atoms with Crippen LogP contribution in [0.3, 0.4) is 0 Å². The van der Waals surface area contributed by atoms with Gasteiger partial charge in [-0.25, -0.2) is 9.97 Å². The van der Waals surface area contributed by atoms with Gasteiger partial charge in [0.05, 0.1) is 0 Å². The van der Waals surface area contributed by atoms with E-state index in [1.54, 1.807) is 0 Å². The van der Waals surface area contributed by atoms with Crippen molar-refractivity contribution in [2.75, 3.05) is 17.2 Å². The summed E-state index contributed by atoms with van der Waals surface area (Å²) in [6.45, 7) is 3.29. The van der Waals surface area contributed by atoms with Crippen LogP contribution in [0.15, 0.2) is 6.07 Å². The van der Waals surface area contributed by atoms with Crippen LogP contribution in [0.25, 0.3) is 0 Å². The maximum Gasteiger partial charge on any atom is 0.134 e. The molecule has 3 nitrogen and oxygen atoms in total. The topological polar surface area (TPSA) is 29.0 Å². The third-order valence-corrected chi connectivity index (χ3v) is 5.39. The molecule has 4 heteroatoms. The molecule has 3 aliphatic rings. The number of aromatic nitrogens is 2. The van der Waals surface area contributed by atoms with E-state index < -0.39 is 0 Å². The van der Waals surface area contributed by atoms with Crippen molar-refractivity contribution in [3.05, 3.63) is 17.6 Å². The quantitative estimate of drug-likeness (QED) is 0.802. The van der Waals surface area contributed by atoms with Gasteiger partial charge in [0, 0.05) is 41.3 Å². The highest BCUT2D eigenvalue weighted by molar-refractivity contribution is 8.00. The van der Waals surface area contributed by atoms with Crippen LogP contribution >= 0.6 is 11.8 Å². The highest BCUT2D eigenvalue weighted by Gasteiger charge is 2.39. The van der Waals surface area contributed by atoms with Crippen LogP contribution in [0.5, 0.6) is 0 Å². The molecule has 0 radical (unpaired) electrons.